The Bertz CT molecular complexity index is 2770. The fourth-order valence-electron chi connectivity index (χ4n) is 17.2. The molecule has 0 amide bonds. The molecule has 1 heteroatoms. The Hall–Kier alpha value is -5.40. The molecule has 0 aliphatic heterocycles. The van der Waals surface area contributed by atoms with Gasteiger partial charge in [0, 0.05) is 27.9 Å². The van der Waals surface area contributed by atoms with Gasteiger partial charge in [-0.1, -0.05) is 109 Å². The summed E-state index contributed by atoms with van der Waals surface area (Å²) in [5, 5.41) is 2.58. The third kappa shape index (κ3) is 4.43. The molecule has 61 heavy (non-hydrogen) atoms. The molecule has 7 aromatic rings. The Morgan fingerprint density at radius 1 is 0.311 bits per heavy atom. The predicted octanol–water partition coefficient (Wildman–Crippen LogP) is 15.4. The van der Waals surface area contributed by atoms with Crippen LogP contribution >= 0.6 is 0 Å². The van der Waals surface area contributed by atoms with Crippen LogP contribution in [0.5, 0.6) is 0 Å². The molecule has 0 atom stereocenters. The van der Waals surface area contributed by atoms with Crippen molar-refractivity contribution in [3.8, 4) is 33.4 Å². The summed E-state index contributed by atoms with van der Waals surface area (Å²) in [5.41, 5.74) is 19.1. The number of hydrogen-bond acceptors (Lipinski definition) is 1. The smallest absolute Gasteiger partial charge is 0.0468 e. The molecule has 7 aromatic carbocycles. The van der Waals surface area contributed by atoms with Crippen LogP contribution in [0.2, 0.25) is 0 Å². The van der Waals surface area contributed by atoms with Gasteiger partial charge in [-0.25, -0.2) is 0 Å². The van der Waals surface area contributed by atoms with Crippen LogP contribution in [0.1, 0.15) is 86.5 Å². The lowest BCUT2D eigenvalue weighted by molar-refractivity contribution is -0.0399. The molecule has 0 heterocycles. The minimum absolute atomic E-state index is 0.175. The Morgan fingerprint density at radius 3 is 1.23 bits per heavy atom. The van der Waals surface area contributed by atoms with Crippen molar-refractivity contribution >= 4 is 27.8 Å². The van der Waals surface area contributed by atoms with E-state index in [-0.39, 0.29) is 10.8 Å². The van der Waals surface area contributed by atoms with Crippen LogP contribution in [0.25, 0.3) is 44.2 Å². The number of rotatable bonds is 4. The van der Waals surface area contributed by atoms with Gasteiger partial charge in [-0.05, 0) is 220 Å². The largest absolute Gasteiger partial charge is 0.310 e. The first kappa shape index (κ1) is 34.2. The van der Waals surface area contributed by atoms with Crippen molar-refractivity contribution in [2.24, 2.45) is 47.3 Å². The quantitative estimate of drug-likeness (QED) is 0.172. The lowest BCUT2D eigenvalue weighted by atomic mass is 9.43. The summed E-state index contributed by atoms with van der Waals surface area (Å²) in [4.78, 5) is 2.60. The normalized spacial score (nSPS) is 32.4. The highest BCUT2D eigenvalue weighted by Crippen LogP contribution is 2.71. The van der Waals surface area contributed by atoms with E-state index in [0.717, 1.165) is 47.3 Å². The summed E-state index contributed by atoms with van der Waals surface area (Å²) in [6, 6.07) is 59.7. The van der Waals surface area contributed by atoms with E-state index in [1.807, 2.05) is 0 Å². The number of hydrogen-bond donors (Lipinski definition) is 0. The minimum atomic E-state index is 0.175. The van der Waals surface area contributed by atoms with Crippen molar-refractivity contribution in [1.29, 1.82) is 0 Å². The third-order valence-corrected chi connectivity index (χ3v) is 18.8. The zero-order chi connectivity index (χ0) is 39.6. The van der Waals surface area contributed by atoms with Crippen molar-refractivity contribution < 1.29 is 0 Å². The first-order chi connectivity index (χ1) is 30.1. The highest BCUT2D eigenvalue weighted by atomic mass is 15.1. The maximum absolute atomic E-state index is 2.61. The summed E-state index contributed by atoms with van der Waals surface area (Å²) in [6.45, 7) is 0. The molecule has 8 bridgehead atoms. The monoisotopic (exact) mass is 787 g/mol. The topological polar surface area (TPSA) is 3.24 Å². The lowest BCUT2D eigenvalue weighted by Gasteiger charge is -2.61. The van der Waals surface area contributed by atoms with Gasteiger partial charge in [0.05, 0.1) is 0 Å². The highest BCUT2D eigenvalue weighted by Gasteiger charge is 2.63. The van der Waals surface area contributed by atoms with Gasteiger partial charge >= 0.3 is 0 Å². The number of fused-ring (bicyclic) bond motifs is 7. The van der Waals surface area contributed by atoms with Gasteiger partial charge in [0.15, 0.2) is 0 Å². The van der Waals surface area contributed by atoms with E-state index in [1.54, 1.807) is 22.3 Å². The average Bonchev–Trinajstić information content (AvgIpc) is 3.75. The lowest BCUT2D eigenvalue weighted by Crippen LogP contribution is -2.55. The maximum Gasteiger partial charge on any atom is 0.0468 e. The summed E-state index contributed by atoms with van der Waals surface area (Å²) in [6.07, 6.45) is 14.3. The van der Waals surface area contributed by atoms with Crippen molar-refractivity contribution in [2.45, 2.75) is 75.0 Å². The summed E-state index contributed by atoms with van der Waals surface area (Å²) in [5.74, 6) is 6.85. The molecule has 0 unspecified atom stereocenters. The Balaban J connectivity index is 0.905. The number of anilines is 3. The summed E-state index contributed by atoms with van der Waals surface area (Å²) in [7, 11) is 0. The molecular formula is C60H53N. The highest BCUT2D eigenvalue weighted by molar-refractivity contribution is 5.91. The molecule has 17 rings (SSSR count). The fourth-order valence-corrected chi connectivity index (χ4v) is 17.2. The zero-order valence-corrected chi connectivity index (χ0v) is 35.1. The van der Waals surface area contributed by atoms with Crippen molar-refractivity contribution in [1.82, 2.24) is 0 Å². The van der Waals surface area contributed by atoms with Crippen LogP contribution in [-0.4, -0.2) is 0 Å². The summed E-state index contributed by atoms with van der Waals surface area (Å²) < 4.78 is 0. The third-order valence-electron chi connectivity index (χ3n) is 18.8. The first-order valence-electron chi connectivity index (χ1n) is 24.0. The molecule has 2 spiro atoms. The minimum Gasteiger partial charge on any atom is -0.310 e. The molecule has 10 aliphatic carbocycles. The molecule has 10 aliphatic rings. The molecule has 8 saturated carbocycles. The van der Waals surface area contributed by atoms with Crippen LogP contribution in [-0.2, 0) is 10.8 Å². The SMILES string of the molecule is c1ccc2c(c1)-c1cc(N(c3ccc(-c4ccc5ccccc5c4)cc3)c3ccc4c(c3)-c3ccccc3C43C4CC5CC(C4)CC3C5)ccc1C21C2CC3CC(C2)CC1C3. The summed E-state index contributed by atoms with van der Waals surface area (Å²) >= 11 is 0. The van der Waals surface area contributed by atoms with Crippen LogP contribution in [0.4, 0.5) is 17.1 Å². The molecule has 0 N–H and O–H groups in total. The van der Waals surface area contributed by atoms with Gasteiger partial charge in [-0.3, -0.25) is 0 Å². The van der Waals surface area contributed by atoms with E-state index in [0.29, 0.717) is 0 Å². The maximum atomic E-state index is 2.61. The number of nitrogens with zero attached hydrogens (tertiary/aromatic N) is 1. The van der Waals surface area contributed by atoms with Gasteiger partial charge < -0.3 is 4.90 Å². The van der Waals surface area contributed by atoms with Crippen LogP contribution in [0, 0.1) is 47.3 Å². The average molecular weight is 788 g/mol. The molecular weight excluding hydrogens is 735 g/mol. The first-order valence-corrected chi connectivity index (χ1v) is 24.0. The second kappa shape index (κ2) is 12.2. The van der Waals surface area contributed by atoms with E-state index in [9.17, 15) is 0 Å². The predicted molar refractivity (Wildman–Crippen MR) is 251 cm³/mol. The second-order valence-electron chi connectivity index (χ2n) is 21.3. The van der Waals surface area contributed by atoms with E-state index in [1.165, 1.54) is 125 Å². The molecule has 298 valence electrons. The van der Waals surface area contributed by atoms with Crippen molar-refractivity contribution in [3.05, 3.63) is 174 Å². The molecule has 0 aromatic heterocycles. The molecule has 0 saturated heterocycles. The van der Waals surface area contributed by atoms with E-state index < -0.39 is 0 Å². The van der Waals surface area contributed by atoms with Crippen LogP contribution < -0.4 is 4.90 Å². The van der Waals surface area contributed by atoms with Crippen LogP contribution in [0.3, 0.4) is 0 Å². The van der Waals surface area contributed by atoms with Gasteiger partial charge in [0.25, 0.3) is 0 Å². The van der Waals surface area contributed by atoms with Crippen molar-refractivity contribution in [3.63, 3.8) is 0 Å². The Morgan fingerprint density at radius 2 is 0.721 bits per heavy atom. The fraction of sp³-hybridized carbons (Fsp3) is 0.333. The Kier molecular flexibility index (Phi) is 6.82. The number of benzene rings is 7. The van der Waals surface area contributed by atoms with Crippen LogP contribution in [0.15, 0.2) is 152 Å². The van der Waals surface area contributed by atoms with E-state index in [2.05, 4.69) is 157 Å². The van der Waals surface area contributed by atoms with Gasteiger partial charge in [-0.15, -0.1) is 0 Å². The van der Waals surface area contributed by atoms with Gasteiger partial charge in [0.1, 0.15) is 0 Å². The second-order valence-corrected chi connectivity index (χ2v) is 21.3. The van der Waals surface area contributed by atoms with Gasteiger partial charge in [0.2, 0.25) is 0 Å². The van der Waals surface area contributed by atoms with E-state index in [4.69, 9.17) is 0 Å². The van der Waals surface area contributed by atoms with Crippen molar-refractivity contribution in [2.75, 3.05) is 4.90 Å². The van der Waals surface area contributed by atoms with E-state index >= 15 is 0 Å². The Labute approximate surface area is 360 Å². The standard InChI is InChI=1S/C60H53N/c1-2-8-42-33-43(14-13-40(42)7-1)41-15-17-48(18-16-41)61(49-19-21-57-53(34-49)51-9-3-5-11-55(51)59(57)44-25-36-23-37(27-44)28-45(59)26-36)50-20-22-58-54(35-50)52-10-4-6-12-56(52)60(58)46-29-38-24-39(31-46)32-47(60)30-38/h1-22,33-39,44-47H,23-32H2. The zero-order valence-electron chi connectivity index (χ0n) is 35.1. The molecule has 0 radical (unpaired) electrons. The molecule has 1 nitrogen and oxygen atoms in total. The molecule has 8 fully saturated rings. The van der Waals surface area contributed by atoms with Gasteiger partial charge in [-0.2, -0.15) is 0 Å².